The van der Waals surface area contributed by atoms with Gasteiger partial charge in [0.2, 0.25) is 0 Å². The highest BCUT2D eigenvalue weighted by Crippen LogP contribution is 2.68. The van der Waals surface area contributed by atoms with E-state index in [1.807, 2.05) is 0 Å². The minimum absolute atomic E-state index is 0.0431. The van der Waals surface area contributed by atoms with Crippen molar-refractivity contribution < 1.29 is 15.0 Å². The molecule has 0 aromatic carbocycles. The van der Waals surface area contributed by atoms with Crippen LogP contribution in [0, 0.1) is 46.3 Å². The highest BCUT2D eigenvalue weighted by molar-refractivity contribution is 8.00. The number of carbonyl (C=O) groups excluding carboxylic acids is 1. The molecular weight excluding hydrogens is 470 g/mol. The summed E-state index contributed by atoms with van der Waals surface area (Å²) in [6, 6.07) is 1.14. The van der Waals surface area contributed by atoms with Gasteiger partial charge in [-0.3, -0.25) is 15.4 Å². The summed E-state index contributed by atoms with van der Waals surface area (Å²) >= 11 is 1.75. The van der Waals surface area contributed by atoms with Crippen molar-refractivity contribution in [2.24, 2.45) is 52.1 Å². The first-order valence-corrected chi connectivity index (χ1v) is 16.0. The lowest BCUT2D eigenvalue weighted by Gasteiger charge is -2.63. The molecule has 6 nitrogen and oxygen atoms in total. The largest absolute Gasteiger partial charge is 0.393 e. The predicted molar refractivity (Wildman–Crippen MR) is 144 cm³/mol. The van der Waals surface area contributed by atoms with Crippen molar-refractivity contribution in [1.29, 1.82) is 0 Å². The van der Waals surface area contributed by atoms with Gasteiger partial charge in [0.05, 0.1) is 18.0 Å². The number of aliphatic hydroxyl groups is 2. The van der Waals surface area contributed by atoms with E-state index in [9.17, 15) is 15.0 Å². The van der Waals surface area contributed by atoms with Crippen molar-refractivity contribution in [2.75, 3.05) is 12.3 Å². The maximum atomic E-state index is 13.7. The summed E-state index contributed by atoms with van der Waals surface area (Å²) in [6.45, 7) is 5.25. The zero-order valence-electron chi connectivity index (χ0n) is 22.3. The lowest BCUT2D eigenvalue weighted by molar-refractivity contribution is -0.186. The van der Waals surface area contributed by atoms with E-state index in [0.29, 0.717) is 47.9 Å². The molecule has 0 bridgehead atoms. The fourth-order valence-electron chi connectivity index (χ4n) is 10.7. The minimum atomic E-state index is -0.361. The zero-order valence-corrected chi connectivity index (χ0v) is 23.1. The van der Waals surface area contributed by atoms with E-state index in [1.54, 1.807) is 11.8 Å². The Labute approximate surface area is 221 Å². The SMILES string of the molecule is C[C@]12CC(CN)C(O)CC1CCC1C2[C@@H](O)C[C@@]2(C)C1CC[C@@H]2C(=O)CSC1NC2CCCCC2N1. The molecule has 0 amide bonds. The van der Waals surface area contributed by atoms with Crippen molar-refractivity contribution in [3.63, 3.8) is 0 Å². The lowest BCUT2D eigenvalue weighted by Crippen LogP contribution is -2.61. The van der Waals surface area contributed by atoms with Crippen LogP contribution in [-0.2, 0) is 4.79 Å². The second-order valence-corrected chi connectivity index (χ2v) is 15.1. The summed E-state index contributed by atoms with van der Waals surface area (Å²) in [4.78, 5) is 13.7. The van der Waals surface area contributed by atoms with Crippen LogP contribution in [0.2, 0.25) is 0 Å². The molecule has 5 aliphatic carbocycles. The summed E-state index contributed by atoms with van der Waals surface area (Å²) in [5.41, 5.74) is 6.22. The number of hydrogen-bond acceptors (Lipinski definition) is 7. The van der Waals surface area contributed by atoms with Crippen LogP contribution in [0.5, 0.6) is 0 Å². The molecule has 1 saturated heterocycles. The summed E-state index contributed by atoms with van der Waals surface area (Å²) < 4.78 is 0. The van der Waals surface area contributed by atoms with E-state index in [2.05, 4.69) is 24.5 Å². The minimum Gasteiger partial charge on any atom is -0.393 e. The van der Waals surface area contributed by atoms with Crippen molar-refractivity contribution >= 4 is 17.5 Å². The van der Waals surface area contributed by atoms with Crippen LogP contribution in [0.4, 0.5) is 0 Å². The number of carbonyl (C=O) groups is 1. The smallest absolute Gasteiger partial charge is 0.146 e. The molecule has 6 fully saturated rings. The molecule has 0 aromatic heterocycles. The fourth-order valence-corrected chi connectivity index (χ4v) is 11.7. The molecule has 7 heteroatoms. The molecule has 12 atom stereocenters. The Hall–Kier alpha value is -0.180. The van der Waals surface area contributed by atoms with Gasteiger partial charge in [-0.25, -0.2) is 0 Å². The number of hydrogen-bond donors (Lipinski definition) is 5. The molecule has 36 heavy (non-hydrogen) atoms. The van der Waals surface area contributed by atoms with E-state index in [1.165, 1.54) is 25.7 Å². The van der Waals surface area contributed by atoms with E-state index >= 15 is 0 Å². The van der Waals surface area contributed by atoms with Crippen LogP contribution in [0.15, 0.2) is 0 Å². The van der Waals surface area contributed by atoms with E-state index < -0.39 is 0 Å². The average Bonchev–Trinajstić information content (AvgIpc) is 3.42. The number of nitrogens with two attached hydrogens (primary N) is 1. The maximum Gasteiger partial charge on any atom is 0.146 e. The summed E-state index contributed by atoms with van der Waals surface area (Å²) in [5, 5.41) is 29.9. The van der Waals surface area contributed by atoms with Crippen LogP contribution in [0.25, 0.3) is 0 Å². The topological polar surface area (TPSA) is 108 Å². The number of nitrogens with one attached hydrogen (secondary N) is 2. The first-order valence-electron chi connectivity index (χ1n) is 15.0. The third kappa shape index (κ3) is 4.14. The van der Waals surface area contributed by atoms with Gasteiger partial charge in [-0.15, -0.1) is 11.8 Å². The third-order valence-corrected chi connectivity index (χ3v) is 13.4. The molecule has 0 radical (unpaired) electrons. The molecule has 0 spiro atoms. The zero-order chi connectivity index (χ0) is 25.2. The fraction of sp³-hybridized carbons (Fsp3) is 0.966. The Morgan fingerprint density at radius 1 is 0.944 bits per heavy atom. The molecule has 1 aliphatic heterocycles. The highest BCUT2D eigenvalue weighted by atomic mass is 32.2. The maximum absolute atomic E-state index is 13.7. The molecule has 1 heterocycles. The molecule has 0 aromatic rings. The van der Waals surface area contributed by atoms with Crippen molar-refractivity contribution in [1.82, 2.24) is 10.6 Å². The first-order chi connectivity index (χ1) is 17.2. The van der Waals surface area contributed by atoms with Gasteiger partial charge in [0.15, 0.2) is 0 Å². The van der Waals surface area contributed by atoms with Crippen molar-refractivity contribution in [3.8, 4) is 0 Å². The van der Waals surface area contributed by atoms with Crippen LogP contribution in [0.1, 0.15) is 84.5 Å². The van der Waals surface area contributed by atoms with Crippen molar-refractivity contribution in [2.45, 2.75) is 114 Å². The summed E-state index contributed by atoms with van der Waals surface area (Å²) in [5.74, 6) is 2.94. The molecular formula is C29H49N3O3S. The Morgan fingerprint density at radius 2 is 1.67 bits per heavy atom. The van der Waals surface area contributed by atoms with Gasteiger partial charge < -0.3 is 15.9 Å². The van der Waals surface area contributed by atoms with Crippen LogP contribution in [-0.4, -0.2) is 58.1 Å². The number of thioether (sulfide) groups is 1. The quantitative estimate of drug-likeness (QED) is 0.379. The number of rotatable bonds is 5. The van der Waals surface area contributed by atoms with Gasteiger partial charge in [-0.05, 0) is 105 Å². The summed E-state index contributed by atoms with van der Waals surface area (Å²) in [6.07, 6.45) is 11.4. The van der Waals surface area contributed by atoms with Gasteiger partial charge >= 0.3 is 0 Å². The van der Waals surface area contributed by atoms with Crippen LogP contribution < -0.4 is 16.4 Å². The molecule has 5 saturated carbocycles. The standard InChI is InChI=1S/C29H49N3O3S/c1-28-12-16(14-30)23(33)11-17(28)7-8-18-19-9-10-20(29(19,2)13-24(34)26(18)28)25(35)15-36-27-31-21-5-3-4-6-22(21)32-27/h16-24,26-27,31-34H,3-15,30H2,1-2H3/t16?,17?,18?,19?,20-,21?,22?,23?,24+,26?,27?,28+,29+/m1/s1. The van der Waals surface area contributed by atoms with Gasteiger partial charge in [0.25, 0.3) is 0 Å². The second kappa shape index (κ2) is 9.78. The van der Waals surface area contributed by atoms with Crippen LogP contribution >= 0.6 is 11.8 Å². The molecule has 6 N–H and O–H groups in total. The number of Topliss-reactive ketones (excluding diaryl/α,β-unsaturated/α-hetero) is 1. The number of fused-ring (bicyclic) bond motifs is 6. The molecule has 204 valence electrons. The van der Waals surface area contributed by atoms with E-state index in [-0.39, 0.29) is 46.3 Å². The second-order valence-electron chi connectivity index (χ2n) is 14.0. The van der Waals surface area contributed by atoms with Crippen molar-refractivity contribution in [3.05, 3.63) is 0 Å². The normalized spacial score (nSPS) is 54.3. The predicted octanol–water partition coefficient (Wildman–Crippen LogP) is 3.25. The van der Waals surface area contributed by atoms with Crippen LogP contribution in [0.3, 0.4) is 0 Å². The van der Waals surface area contributed by atoms with E-state index in [0.717, 1.165) is 44.9 Å². The molecule has 6 rings (SSSR count). The van der Waals surface area contributed by atoms with Gasteiger partial charge in [-0.1, -0.05) is 26.7 Å². The molecule has 6 aliphatic rings. The summed E-state index contributed by atoms with van der Waals surface area (Å²) in [7, 11) is 0. The Morgan fingerprint density at radius 3 is 2.36 bits per heavy atom. The first kappa shape index (κ1) is 26.1. The Kier molecular flexibility index (Phi) is 7.08. The van der Waals surface area contributed by atoms with Gasteiger partial charge in [0.1, 0.15) is 11.3 Å². The third-order valence-electron chi connectivity index (χ3n) is 12.3. The number of aliphatic hydroxyl groups excluding tert-OH is 2. The van der Waals surface area contributed by atoms with Gasteiger partial charge in [-0.2, -0.15) is 0 Å². The Balaban J connectivity index is 1.14. The number of ketones is 1. The monoisotopic (exact) mass is 519 g/mol. The van der Waals surface area contributed by atoms with E-state index in [4.69, 9.17) is 5.73 Å². The highest BCUT2D eigenvalue weighted by Gasteiger charge is 2.64. The molecule has 8 unspecified atom stereocenters. The Bertz CT molecular complexity index is 831. The van der Waals surface area contributed by atoms with Gasteiger partial charge in [0, 0.05) is 18.0 Å². The average molecular weight is 520 g/mol. The lowest BCUT2D eigenvalue weighted by atomic mass is 9.43.